The van der Waals surface area contributed by atoms with Gasteiger partial charge in [-0.3, -0.25) is 0 Å². The fourth-order valence-corrected chi connectivity index (χ4v) is 2.76. The van der Waals surface area contributed by atoms with Gasteiger partial charge in [0, 0.05) is 20.1 Å². The van der Waals surface area contributed by atoms with Crippen LogP contribution in [0, 0.1) is 0 Å². The number of halogens is 1. The van der Waals surface area contributed by atoms with Crippen LogP contribution in [0.3, 0.4) is 0 Å². The third-order valence-corrected chi connectivity index (χ3v) is 3.46. The molecule has 2 atom stereocenters. The molecule has 0 aliphatic carbocycles. The van der Waals surface area contributed by atoms with Gasteiger partial charge in [-0.2, -0.15) is 0 Å². The van der Waals surface area contributed by atoms with Crippen molar-refractivity contribution in [3.05, 3.63) is 10.8 Å². The number of hydrogen-bond acceptors (Lipinski definition) is 5. The highest BCUT2D eigenvalue weighted by atomic mass is 79.9. The summed E-state index contributed by atoms with van der Waals surface area (Å²) in [5.41, 5.74) is 0. The minimum absolute atomic E-state index is 0.221. The highest BCUT2D eigenvalue weighted by Crippen LogP contribution is 2.30. The van der Waals surface area contributed by atoms with Crippen LogP contribution in [0.1, 0.15) is 13.8 Å². The molecule has 1 aromatic heterocycles. The lowest BCUT2D eigenvalue weighted by atomic mass is 10.2. The van der Waals surface area contributed by atoms with Crippen molar-refractivity contribution in [2.75, 3.05) is 30.4 Å². The standard InChI is InChI=1S/C11H17BrN4O/c1-7-4-16(5-8(2)17-7)11-9(12)10(13-3)14-6-15-11/h6-8H,4-5H2,1-3H3,(H,13,14,15)/t7-,8+. The maximum atomic E-state index is 5.72. The number of nitrogens with zero attached hydrogens (tertiary/aromatic N) is 3. The van der Waals surface area contributed by atoms with Crippen LogP contribution in [0.15, 0.2) is 10.8 Å². The molecule has 5 nitrogen and oxygen atoms in total. The van der Waals surface area contributed by atoms with E-state index >= 15 is 0 Å². The predicted octanol–water partition coefficient (Wildman–Crippen LogP) is 1.89. The van der Waals surface area contributed by atoms with Gasteiger partial charge in [0.05, 0.1) is 12.2 Å². The molecule has 1 saturated heterocycles. The van der Waals surface area contributed by atoms with Crippen LogP contribution in [0.25, 0.3) is 0 Å². The second-order valence-corrected chi connectivity index (χ2v) is 5.07. The van der Waals surface area contributed by atoms with E-state index in [1.807, 2.05) is 7.05 Å². The van der Waals surface area contributed by atoms with Gasteiger partial charge in [0.1, 0.15) is 22.4 Å². The quantitative estimate of drug-likeness (QED) is 0.904. The van der Waals surface area contributed by atoms with Crippen LogP contribution in [0.5, 0.6) is 0 Å². The lowest BCUT2D eigenvalue weighted by Crippen LogP contribution is -2.46. The van der Waals surface area contributed by atoms with E-state index in [-0.39, 0.29) is 12.2 Å². The van der Waals surface area contributed by atoms with E-state index in [9.17, 15) is 0 Å². The monoisotopic (exact) mass is 300 g/mol. The van der Waals surface area contributed by atoms with Gasteiger partial charge >= 0.3 is 0 Å². The van der Waals surface area contributed by atoms with Crippen molar-refractivity contribution in [2.24, 2.45) is 0 Å². The second kappa shape index (κ2) is 5.18. The molecule has 0 aromatic carbocycles. The summed E-state index contributed by atoms with van der Waals surface area (Å²) in [6.07, 6.45) is 2.02. The molecule has 1 aliphatic heterocycles. The van der Waals surface area contributed by atoms with Crippen LogP contribution in [-0.4, -0.2) is 42.3 Å². The Morgan fingerprint density at radius 3 is 2.59 bits per heavy atom. The van der Waals surface area contributed by atoms with Gasteiger partial charge in [-0.1, -0.05) is 0 Å². The molecule has 17 heavy (non-hydrogen) atoms. The first kappa shape index (κ1) is 12.6. The maximum Gasteiger partial charge on any atom is 0.148 e. The van der Waals surface area contributed by atoms with Crippen molar-refractivity contribution in [2.45, 2.75) is 26.1 Å². The Kier molecular flexibility index (Phi) is 3.83. The third-order valence-electron chi connectivity index (χ3n) is 2.73. The Balaban J connectivity index is 2.27. The van der Waals surface area contributed by atoms with Crippen molar-refractivity contribution in [1.82, 2.24) is 9.97 Å². The molecule has 0 saturated carbocycles. The largest absolute Gasteiger partial charge is 0.372 e. The molecule has 0 amide bonds. The van der Waals surface area contributed by atoms with Crippen molar-refractivity contribution >= 4 is 27.6 Å². The molecule has 1 aliphatic rings. The smallest absolute Gasteiger partial charge is 0.148 e. The van der Waals surface area contributed by atoms with Crippen LogP contribution < -0.4 is 10.2 Å². The van der Waals surface area contributed by atoms with E-state index in [2.05, 4.69) is 50.0 Å². The van der Waals surface area contributed by atoms with Crippen LogP contribution in [0.4, 0.5) is 11.6 Å². The molecule has 1 fully saturated rings. The summed E-state index contributed by atoms with van der Waals surface area (Å²) in [6.45, 7) is 5.86. The Hall–Kier alpha value is -0.880. The molecule has 1 aromatic rings. The minimum Gasteiger partial charge on any atom is -0.372 e. The lowest BCUT2D eigenvalue weighted by molar-refractivity contribution is -0.00550. The number of ether oxygens (including phenoxy) is 1. The van der Waals surface area contributed by atoms with Gasteiger partial charge < -0.3 is 15.0 Å². The molecule has 6 heteroatoms. The number of morpholine rings is 1. The van der Waals surface area contributed by atoms with E-state index in [0.717, 1.165) is 29.2 Å². The first-order valence-corrected chi connectivity index (χ1v) is 6.49. The fourth-order valence-electron chi connectivity index (χ4n) is 2.11. The van der Waals surface area contributed by atoms with Crippen LogP contribution in [0.2, 0.25) is 0 Å². The average Bonchev–Trinajstić information content (AvgIpc) is 2.28. The number of rotatable bonds is 2. The Bertz CT molecular complexity index is 391. The zero-order valence-electron chi connectivity index (χ0n) is 10.3. The Labute approximate surface area is 110 Å². The fraction of sp³-hybridized carbons (Fsp3) is 0.636. The van der Waals surface area contributed by atoms with E-state index in [4.69, 9.17) is 4.74 Å². The summed E-state index contributed by atoms with van der Waals surface area (Å²) in [7, 11) is 1.85. The molecule has 2 heterocycles. The second-order valence-electron chi connectivity index (χ2n) is 4.27. The lowest BCUT2D eigenvalue weighted by Gasteiger charge is -2.36. The molecule has 0 spiro atoms. The molecular formula is C11H17BrN4O. The third kappa shape index (κ3) is 2.69. The van der Waals surface area contributed by atoms with Gasteiger partial charge in [0.15, 0.2) is 0 Å². The molecule has 94 valence electrons. The Morgan fingerprint density at radius 1 is 1.35 bits per heavy atom. The molecule has 0 radical (unpaired) electrons. The van der Waals surface area contributed by atoms with Crippen molar-refractivity contribution in [3.8, 4) is 0 Å². The van der Waals surface area contributed by atoms with Gasteiger partial charge in [0.25, 0.3) is 0 Å². The molecule has 0 unspecified atom stereocenters. The topological polar surface area (TPSA) is 50.3 Å². The SMILES string of the molecule is CNc1ncnc(N2C[C@@H](C)O[C@@H](C)C2)c1Br. The van der Waals surface area contributed by atoms with Gasteiger partial charge in [-0.15, -0.1) is 0 Å². The molecule has 0 bridgehead atoms. The van der Waals surface area contributed by atoms with Gasteiger partial charge in [0.2, 0.25) is 0 Å². The highest BCUT2D eigenvalue weighted by molar-refractivity contribution is 9.10. The van der Waals surface area contributed by atoms with Crippen LogP contribution >= 0.6 is 15.9 Å². The van der Waals surface area contributed by atoms with Crippen LogP contribution in [-0.2, 0) is 4.74 Å². The first-order chi connectivity index (χ1) is 8.11. The summed E-state index contributed by atoms with van der Waals surface area (Å²) >= 11 is 3.55. The van der Waals surface area contributed by atoms with E-state index in [1.165, 1.54) is 0 Å². The van der Waals surface area contributed by atoms with Crippen molar-refractivity contribution in [1.29, 1.82) is 0 Å². The maximum absolute atomic E-state index is 5.72. The van der Waals surface area contributed by atoms with Gasteiger partial charge in [-0.05, 0) is 29.8 Å². The molecule has 1 N–H and O–H groups in total. The predicted molar refractivity (Wildman–Crippen MR) is 71.5 cm³/mol. The van der Waals surface area contributed by atoms with Crippen molar-refractivity contribution < 1.29 is 4.74 Å². The normalized spacial score (nSPS) is 24.8. The minimum atomic E-state index is 0.221. The number of aromatic nitrogens is 2. The number of anilines is 2. The molecular weight excluding hydrogens is 284 g/mol. The zero-order valence-corrected chi connectivity index (χ0v) is 11.9. The summed E-state index contributed by atoms with van der Waals surface area (Å²) < 4.78 is 6.62. The summed E-state index contributed by atoms with van der Waals surface area (Å²) in [5, 5.41) is 3.04. The summed E-state index contributed by atoms with van der Waals surface area (Å²) in [6, 6.07) is 0. The molecule has 2 rings (SSSR count). The summed E-state index contributed by atoms with van der Waals surface area (Å²) in [4.78, 5) is 10.7. The average molecular weight is 301 g/mol. The Morgan fingerprint density at radius 2 is 2.00 bits per heavy atom. The van der Waals surface area contributed by atoms with Gasteiger partial charge in [-0.25, -0.2) is 9.97 Å². The van der Waals surface area contributed by atoms with E-state index in [1.54, 1.807) is 6.33 Å². The van der Waals surface area contributed by atoms with Crippen molar-refractivity contribution in [3.63, 3.8) is 0 Å². The highest BCUT2D eigenvalue weighted by Gasteiger charge is 2.25. The summed E-state index contributed by atoms with van der Waals surface area (Å²) in [5.74, 6) is 1.73. The zero-order chi connectivity index (χ0) is 12.4. The van der Waals surface area contributed by atoms with E-state index < -0.39 is 0 Å². The van der Waals surface area contributed by atoms with E-state index in [0.29, 0.717) is 0 Å². The number of hydrogen-bond donors (Lipinski definition) is 1. The first-order valence-electron chi connectivity index (χ1n) is 5.70. The number of nitrogens with one attached hydrogen (secondary N) is 1.